The highest BCUT2D eigenvalue weighted by Gasteiger charge is 2.76. The van der Waals surface area contributed by atoms with Crippen molar-refractivity contribution in [3.8, 4) is 6.07 Å². The first-order chi connectivity index (χ1) is 11.2. The predicted octanol–water partition coefficient (Wildman–Crippen LogP) is 1.79. The van der Waals surface area contributed by atoms with Crippen LogP contribution in [0, 0.1) is 26.7 Å². The number of benzene rings is 1. The number of halogens is 1. The van der Waals surface area contributed by atoms with Crippen LogP contribution in [-0.2, 0) is 19.1 Å². The highest BCUT2D eigenvalue weighted by atomic mass is 127. The van der Waals surface area contributed by atoms with Gasteiger partial charge in [0, 0.05) is 9.99 Å². The lowest BCUT2D eigenvalue weighted by molar-refractivity contribution is -0.139. The molecule has 2 bridgehead atoms. The largest absolute Gasteiger partial charge is 0.359 e. The molecule has 0 aromatic heterocycles. The summed E-state index contributed by atoms with van der Waals surface area (Å²) in [6.45, 7) is 3.35. The van der Waals surface area contributed by atoms with Crippen molar-refractivity contribution in [3.63, 3.8) is 0 Å². The maximum atomic E-state index is 13.0. The van der Waals surface area contributed by atoms with Gasteiger partial charge in [-0.05, 0) is 54.6 Å². The van der Waals surface area contributed by atoms with E-state index in [0.29, 0.717) is 14.8 Å². The van der Waals surface area contributed by atoms with Gasteiger partial charge >= 0.3 is 0 Å². The Morgan fingerprint density at radius 2 is 1.92 bits per heavy atom. The summed E-state index contributed by atoms with van der Waals surface area (Å²) in [6.07, 6.45) is 0.155. The van der Waals surface area contributed by atoms with E-state index in [-0.39, 0.29) is 18.1 Å². The Labute approximate surface area is 151 Å². The van der Waals surface area contributed by atoms with Crippen molar-refractivity contribution in [2.24, 2.45) is 11.8 Å². The van der Waals surface area contributed by atoms with Gasteiger partial charge in [0.2, 0.25) is 11.8 Å². The van der Waals surface area contributed by atoms with Gasteiger partial charge in [0.05, 0.1) is 28.7 Å². The Kier molecular flexibility index (Phi) is 3.04. The highest BCUT2D eigenvalue weighted by molar-refractivity contribution is 14.1. The van der Waals surface area contributed by atoms with Crippen molar-refractivity contribution in [3.05, 3.63) is 27.3 Å². The van der Waals surface area contributed by atoms with Crippen molar-refractivity contribution in [2.45, 2.75) is 31.5 Å². The number of nitriles is 1. The van der Waals surface area contributed by atoms with Crippen LogP contribution in [0.2, 0.25) is 0 Å². The zero-order valence-electron chi connectivity index (χ0n) is 13.0. The molecule has 24 heavy (non-hydrogen) atoms. The highest BCUT2D eigenvalue weighted by Crippen LogP contribution is 2.59. The van der Waals surface area contributed by atoms with Crippen molar-refractivity contribution in [1.82, 2.24) is 0 Å². The number of nitrogens with zero attached hydrogens (tertiary/aromatic N) is 2. The predicted molar refractivity (Wildman–Crippen MR) is 90.9 cm³/mol. The topological polar surface area (TPSA) is 87.5 Å². The number of imide groups is 1. The second-order valence-electron chi connectivity index (χ2n) is 6.86. The van der Waals surface area contributed by atoms with Gasteiger partial charge in [0.15, 0.2) is 5.78 Å². The van der Waals surface area contributed by atoms with E-state index in [0.717, 1.165) is 4.90 Å². The summed E-state index contributed by atoms with van der Waals surface area (Å²) < 4.78 is 6.51. The van der Waals surface area contributed by atoms with Crippen LogP contribution in [0.5, 0.6) is 0 Å². The molecule has 0 saturated carbocycles. The van der Waals surface area contributed by atoms with E-state index >= 15 is 0 Å². The molecule has 1 aromatic rings. The van der Waals surface area contributed by atoms with Crippen molar-refractivity contribution >= 4 is 45.9 Å². The Morgan fingerprint density at radius 3 is 2.54 bits per heavy atom. The quantitative estimate of drug-likeness (QED) is 0.495. The van der Waals surface area contributed by atoms with E-state index in [1.54, 1.807) is 32.0 Å². The molecular weight excluding hydrogens is 423 g/mol. The summed E-state index contributed by atoms with van der Waals surface area (Å²) >= 11 is 2.00. The molecule has 0 spiro atoms. The number of fused-ring (bicyclic) bond motifs is 5. The molecule has 0 N–H and O–H groups in total. The molecule has 3 saturated heterocycles. The second kappa shape index (κ2) is 4.64. The van der Waals surface area contributed by atoms with Crippen LogP contribution in [-0.4, -0.2) is 28.8 Å². The monoisotopic (exact) mass is 436 g/mol. The number of rotatable bonds is 1. The van der Waals surface area contributed by atoms with Crippen LogP contribution in [0.3, 0.4) is 0 Å². The number of amides is 2. The van der Waals surface area contributed by atoms with Gasteiger partial charge in [-0.25, -0.2) is 4.90 Å². The minimum Gasteiger partial charge on any atom is -0.359 e. The van der Waals surface area contributed by atoms with Crippen LogP contribution < -0.4 is 4.90 Å². The van der Waals surface area contributed by atoms with Gasteiger partial charge in [-0.15, -0.1) is 0 Å². The molecule has 3 aliphatic rings. The normalized spacial score (nSPS) is 37.1. The average Bonchev–Trinajstić information content (AvgIpc) is 3.01. The van der Waals surface area contributed by atoms with E-state index in [2.05, 4.69) is 6.07 Å². The number of ether oxygens (including phenoxy) is 1. The van der Waals surface area contributed by atoms with Gasteiger partial charge in [0.25, 0.3) is 0 Å². The molecule has 0 unspecified atom stereocenters. The second-order valence-corrected chi connectivity index (χ2v) is 8.03. The van der Waals surface area contributed by atoms with Crippen LogP contribution in [0.1, 0.15) is 25.8 Å². The third-order valence-electron chi connectivity index (χ3n) is 5.40. The van der Waals surface area contributed by atoms with Crippen molar-refractivity contribution < 1.29 is 19.1 Å². The number of carbonyl (C=O) groups excluding carboxylic acids is 3. The summed E-state index contributed by atoms with van der Waals surface area (Å²) in [6, 6.07) is 6.88. The summed E-state index contributed by atoms with van der Waals surface area (Å²) in [4.78, 5) is 39.3. The Hall–Kier alpha value is -1.79. The minimum absolute atomic E-state index is 0.122. The summed E-state index contributed by atoms with van der Waals surface area (Å²) in [5, 5.41) is 9.03. The molecule has 3 fully saturated rings. The molecule has 3 aliphatic heterocycles. The number of anilines is 1. The molecule has 1 aromatic carbocycles. The van der Waals surface area contributed by atoms with E-state index in [1.165, 1.54) is 0 Å². The average molecular weight is 436 g/mol. The number of ketones is 1. The van der Waals surface area contributed by atoms with Crippen molar-refractivity contribution in [1.29, 1.82) is 5.26 Å². The van der Waals surface area contributed by atoms with Gasteiger partial charge in [0.1, 0.15) is 11.7 Å². The minimum atomic E-state index is -1.22. The van der Waals surface area contributed by atoms with E-state index in [4.69, 9.17) is 10.00 Å². The molecule has 4 rings (SSSR count). The van der Waals surface area contributed by atoms with Gasteiger partial charge in [-0.2, -0.15) is 5.26 Å². The lowest BCUT2D eigenvalue weighted by Crippen LogP contribution is -2.46. The lowest BCUT2D eigenvalue weighted by Gasteiger charge is -2.26. The molecule has 0 aliphatic carbocycles. The van der Waals surface area contributed by atoms with Gasteiger partial charge < -0.3 is 4.74 Å². The first-order valence-electron chi connectivity index (χ1n) is 7.54. The smallest absolute Gasteiger partial charge is 0.241 e. The van der Waals surface area contributed by atoms with Crippen LogP contribution >= 0.6 is 22.6 Å². The Morgan fingerprint density at radius 1 is 1.25 bits per heavy atom. The Bertz CT molecular complexity index is 876. The maximum Gasteiger partial charge on any atom is 0.241 e. The van der Waals surface area contributed by atoms with Crippen molar-refractivity contribution in [2.75, 3.05) is 4.90 Å². The fourth-order valence-corrected chi connectivity index (χ4v) is 4.93. The first kappa shape index (κ1) is 15.7. The van der Waals surface area contributed by atoms with E-state index in [1.807, 2.05) is 22.6 Å². The molecule has 6 nitrogen and oxygen atoms in total. The Balaban J connectivity index is 1.81. The number of hydrogen-bond acceptors (Lipinski definition) is 5. The molecule has 7 heteroatoms. The number of hydrogen-bond donors (Lipinski definition) is 0. The maximum absolute atomic E-state index is 13.0. The summed E-state index contributed by atoms with van der Waals surface area (Å²) in [5.41, 5.74) is -1.23. The lowest BCUT2D eigenvalue weighted by atomic mass is 9.68. The van der Waals surface area contributed by atoms with Gasteiger partial charge in [-0.3, -0.25) is 14.4 Å². The fourth-order valence-electron chi connectivity index (χ4n) is 4.31. The number of carbonyl (C=O) groups is 3. The molecule has 2 amide bonds. The fraction of sp³-hybridized carbons (Fsp3) is 0.412. The summed E-state index contributed by atoms with van der Waals surface area (Å²) in [7, 11) is 0. The molecule has 4 atom stereocenters. The zero-order chi connectivity index (χ0) is 17.4. The standard InChI is InChI=1S/C17H13IN2O4/c1-16-6-11(21)17(2,24-16)13-12(16)14(22)20(15(13)23)9-4-3-8(7-19)10(18)5-9/h3-5,12-13H,6H2,1-2H3/t12-,13+,16-,17-/m1/s1. The molecular formula is C17H13IN2O4. The van der Waals surface area contributed by atoms with Crippen LogP contribution in [0.4, 0.5) is 5.69 Å². The van der Waals surface area contributed by atoms with Crippen LogP contribution in [0.15, 0.2) is 18.2 Å². The molecule has 3 heterocycles. The number of Topliss-reactive ketones (excluding diaryl/α,β-unsaturated/α-hetero) is 1. The van der Waals surface area contributed by atoms with E-state index < -0.39 is 28.9 Å². The summed E-state index contributed by atoms with van der Waals surface area (Å²) in [5.74, 6) is -2.26. The third kappa shape index (κ3) is 1.70. The van der Waals surface area contributed by atoms with Gasteiger partial charge in [-0.1, -0.05) is 0 Å². The molecule has 0 radical (unpaired) electrons. The first-order valence-corrected chi connectivity index (χ1v) is 8.62. The van der Waals surface area contributed by atoms with E-state index in [9.17, 15) is 14.4 Å². The zero-order valence-corrected chi connectivity index (χ0v) is 15.2. The third-order valence-corrected chi connectivity index (χ3v) is 6.29. The molecule has 122 valence electrons. The SMILES string of the molecule is C[C@]12CC(=O)[C@@](C)(O1)[C@@H]1C(=O)N(c3ccc(C#N)c(I)c3)C(=O)[C@@H]12. The van der Waals surface area contributed by atoms with Crippen LogP contribution in [0.25, 0.3) is 0 Å².